The lowest BCUT2D eigenvalue weighted by Gasteiger charge is -2.02. The Bertz CT molecular complexity index is 548. The van der Waals surface area contributed by atoms with E-state index in [0.29, 0.717) is 17.9 Å². The molecule has 0 atom stereocenters. The van der Waals surface area contributed by atoms with Crippen molar-refractivity contribution in [3.63, 3.8) is 0 Å². The Kier molecular flexibility index (Phi) is 4.89. The number of hydrogen-bond acceptors (Lipinski definition) is 6. The molecule has 0 aliphatic carbocycles. The van der Waals surface area contributed by atoms with E-state index in [1.165, 1.54) is 7.11 Å². The molecule has 0 aliphatic rings. The molecule has 7 heteroatoms. The molecular weight excluding hydrogens is 260 g/mol. The Morgan fingerprint density at radius 2 is 2.40 bits per heavy atom. The number of nitrogens with zero attached hydrogens (tertiary/aromatic N) is 3. The van der Waals surface area contributed by atoms with Gasteiger partial charge in [-0.1, -0.05) is 5.21 Å². The number of furan rings is 1. The lowest BCUT2D eigenvalue weighted by atomic mass is 10.2. The van der Waals surface area contributed by atoms with Gasteiger partial charge >= 0.3 is 5.97 Å². The van der Waals surface area contributed by atoms with Crippen LogP contribution in [-0.4, -0.2) is 34.6 Å². The number of aryl methyl sites for hydroxylation is 2. The number of hydrogen-bond donors (Lipinski definition) is 1. The molecule has 2 rings (SSSR count). The number of carbonyl (C=O) groups is 1. The van der Waals surface area contributed by atoms with Crippen molar-refractivity contribution < 1.29 is 13.9 Å². The van der Waals surface area contributed by atoms with Crippen LogP contribution in [0.5, 0.6) is 0 Å². The first-order valence-corrected chi connectivity index (χ1v) is 6.43. The van der Waals surface area contributed by atoms with E-state index in [4.69, 9.17) is 4.42 Å². The Balaban J connectivity index is 1.73. The van der Waals surface area contributed by atoms with Crippen LogP contribution in [0.1, 0.15) is 28.3 Å². The number of rotatable bonds is 7. The van der Waals surface area contributed by atoms with Gasteiger partial charge < -0.3 is 14.5 Å². The summed E-state index contributed by atoms with van der Waals surface area (Å²) in [5.41, 5.74) is 0.479. The summed E-state index contributed by atoms with van der Waals surface area (Å²) < 4.78 is 12.0. The molecule has 7 nitrogen and oxygen atoms in total. The molecule has 0 radical (unpaired) electrons. The molecule has 0 aromatic carbocycles. The van der Waals surface area contributed by atoms with Crippen molar-refractivity contribution in [1.29, 1.82) is 0 Å². The molecule has 0 unspecified atom stereocenters. The molecular formula is C13H18N4O3. The molecule has 0 bridgehead atoms. The van der Waals surface area contributed by atoms with Crippen LogP contribution < -0.4 is 5.32 Å². The largest absolute Gasteiger partial charge is 0.465 e. The van der Waals surface area contributed by atoms with E-state index >= 15 is 0 Å². The maximum absolute atomic E-state index is 11.4. The van der Waals surface area contributed by atoms with Gasteiger partial charge in [-0.05, 0) is 26.0 Å². The van der Waals surface area contributed by atoms with Gasteiger partial charge in [0.15, 0.2) is 0 Å². The van der Waals surface area contributed by atoms with Crippen LogP contribution in [0.4, 0.5) is 0 Å². The molecule has 1 N–H and O–H groups in total. The molecule has 0 saturated heterocycles. The maximum Gasteiger partial charge on any atom is 0.341 e. The van der Waals surface area contributed by atoms with E-state index in [1.807, 2.05) is 6.20 Å². The van der Waals surface area contributed by atoms with Gasteiger partial charge in [0.05, 0.1) is 19.9 Å². The second-order valence-electron chi connectivity index (χ2n) is 4.37. The minimum Gasteiger partial charge on any atom is -0.465 e. The molecule has 0 spiro atoms. The summed E-state index contributed by atoms with van der Waals surface area (Å²) in [7, 11) is 1.36. The van der Waals surface area contributed by atoms with Crippen LogP contribution in [-0.2, 0) is 17.8 Å². The van der Waals surface area contributed by atoms with Crippen molar-refractivity contribution in [2.45, 2.75) is 26.4 Å². The minimum atomic E-state index is -0.372. The third-order valence-corrected chi connectivity index (χ3v) is 2.89. The van der Waals surface area contributed by atoms with Crippen LogP contribution in [0.15, 0.2) is 22.9 Å². The highest BCUT2D eigenvalue weighted by Crippen LogP contribution is 2.15. The fraction of sp³-hybridized carbons (Fsp3) is 0.462. The Morgan fingerprint density at radius 3 is 3.10 bits per heavy atom. The van der Waals surface area contributed by atoms with Gasteiger partial charge in [0, 0.05) is 12.7 Å². The van der Waals surface area contributed by atoms with E-state index in [2.05, 4.69) is 20.4 Å². The summed E-state index contributed by atoms with van der Waals surface area (Å²) in [6.45, 7) is 3.97. The van der Waals surface area contributed by atoms with Crippen LogP contribution in [0.3, 0.4) is 0 Å². The predicted octanol–water partition coefficient (Wildman–Crippen LogP) is 1.15. The fourth-order valence-corrected chi connectivity index (χ4v) is 1.87. The van der Waals surface area contributed by atoms with Crippen molar-refractivity contribution >= 4 is 5.97 Å². The molecule has 2 aromatic heterocycles. The van der Waals surface area contributed by atoms with Gasteiger partial charge in [-0.25, -0.2) is 4.79 Å². The summed E-state index contributed by atoms with van der Waals surface area (Å²) in [6, 6.07) is 1.71. The van der Waals surface area contributed by atoms with E-state index in [0.717, 1.165) is 25.3 Å². The molecule has 108 valence electrons. The Morgan fingerprint density at radius 1 is 1.55 bits per heavy atom. The van der Waals surface area contributed by atoms with Crippen LogP contribution in [0.25, 0.3) is 0 Å². The van der Waals surface area contributed by atoms with Crippen molar-refractivity contribution in [2.75, 3.05) is 13.7 Å². The van der Waals surface area contributed by atoms with Crippen molar-refractivity contribution in [3.8, 4) is 0 Å². The quantitative estimate of drug-likeness (QED) is 0.604. The maximum atomic E-state index is 11.4. The number of nitrogens with one attached hydrogen (secondary N) is 1. The fourth-order valence-electron chi connectivity index (χ4n) is 1.87. The Labute approximate surface area is 116 Å². The normalized spacial score (nSPS) is 10.7. The Hall–Kier alpha value is -2.15. The lowest BCUT2D eigenvalue weighted by Crippen LogP contribution is -2.16. The summed E-state index contributed by atoms with van der Waals surface area (Å²) in [4.78, 5) is 11.4. The van der Waals surface area contributed by atoms with E-state index in [9.17, 15) is 4.79 Å². The minimum absolute atomic E-state index is 0.372. The van der Waals surface area contributed by atoms with E-state index in [-0.39, 0.29) is 5.97 Å². The van der Waals surface area contributed by atoms with Crippen LogP contribution in [0.2, 0.25) is 0 Å². The number of carbonyl (C=O) groups excluding carboxylic acids is 1. The molecule has 0 aliphatic heterocycles. The van der Waals surface area contributed by atoms with Gasteiger partial charge in [0.25, 0.3) is 0 Å². The monoisotopic (exact) mass is 278 g/mol. The SMILES string of the molecule is COC(=O)c1cc(CNCCCn2ccnn2)oc1C. The number of esters is 1. The number of methoxy groups -OCH3 is 1. The lowest BCUT2D eigenvalue weighted by molar-refractivity contribution is 0.0599. The smallest absolute Gasteiger partial charge is 0.341 e. The molecule has 0 saturated carbocycles. The van der Waals surface area contributed by atoms with Gasteiger partial charge in [-0.2, -0.15) is 0 Å². The molecule has 20 heavy (non-hydrogen) atoms. The zero-order valence-electron chi connectivity index (χ0n) is 11.6. The van der Waals surface area contributed by atoms with Gasteiger partial charge in [0.1, 0.15) is 17.1 Å². The van der Waals surface area contributed by atoms with Crippen molar-refractivity contribution in [3.05, 3.63) is 35.5 Å². The number of aromatic nitrogens is 3. The second-order valence-corrected chi connectivity index (χ2v) is 4.37. The number of ether oxygens (including phenoxy) is 1. The van der Waals surface area contributed by atoms with E-state index < -0.39 is 0 Å². The third-order valence-electron chi connectivity index (χ3n) is 2.89. The summed E-state index contributed by atoms with van der Waals surface area (Å²) >= 11 is 0. The third kappa shape index (κ3) is 3.67. The zero-order valence-corrected chi connectivity index (χ0v) is 11.6. The molecule has 2 heterocycles. The van der Waals surface area contributed by atoms with Gasteiger partial charge in [0.2, 0.25) is 0 Å². The van der Waals surface area contributed by atoms with Crippen molar-refractivity contribution in [2.24, 2.45) is 0 Å². The highest BCUT2D eigenvalue weighted by molar-refractivity contribution is 5.90. The van der Waals surface area contributed by atoms with Crippen LogP contribution in [0, 0.1) is 6.92 Å². The summed E-state index contributed by atoms with van der Waals surface area (Å²) in [6.07, 6.45) is 4.43. The van der Waals surface area contributed by atoms with Crippen LogP contribution >= 0.6 is 0 Å². The first-order valence-electron chi connectivity index (χ1n) is 6.43. The topological polar surface area (TPSA) is 82.2 Å². The predicted molar refractivity (Wildman–Crippen MR) is 71.1 cm³/mol. The first kappa shape index (κ1) is 14.3. The highest BCUT2D eigenvalue weighted by Gasteiger charge is 2.14. The molecule has 0 amide bonds. The summed E-state index contributed by atoms with van der Waals surface area (Å²) in [5.74, 6) is 0.934. The van der Waals surface area contributed by atoms with E-state index in [1.54, 1.807) is 23.9 Å². The summed E-state index contributed by atoms with van der Waals surface area (Å²) in [5, 5.41) is 10.9. The standard InChI is InChI=1S/C13H18N4O3/c1-10-12(13(18)19-2)8-11(20-10)9-14-4-3-6-17-7-5-15-16-17/h5,7-8,14H,3-4,6,9H2,1-2H3. The van der Waals surface area contributed by atoms with Gasteiger partial charge in [-0.3, -0.25) is 4.68 Å². The second kappa shape index (κ2) is 6.85. The molecule has 0 fully saturated rings. The zero-order chi connectivity index (χ0) is 14.4. The average molecular weight is 278 g/mol. The highest BCUT2D eigenvalue weighted by atomic mass is 16.5. The first-order chi connectivity index (χ1) is 9.70. The van der Waals surface area contributed by atoms with Crippen molar-refractivity contribution in [1.82, 2.24) is 20.3 Å². The van der Waals surface area contributed by atoms with Gasteiger partial charge in [-0.15, -0.1) is 5.10 Å². The molecule has 2 aromatic rings. The average Bonchev–Trinajstić information content (AvgIpc) is 3.07.